The minimum absolute atomic E-state index is 0.00304. The van der Waals surface area contributed by atoms with Crippen LogP contribution in [0.25, 0.3) is 6.08 Å². The first-order valence-corrected chi connectivity index (χ1v) is 6.65. The van der Waals surface area contributed by atoms with Crippen molar-refractivity contribution >= 4 is 35.2 Å². The zero-order chi connectivity index (χ0) is 15.6. The average Bonchev–Trinajstić information content (AvgIpc) is 2.45. The summed E-state index contributed by atoms with van der Waals surface area (Å²) in [5.41, 5.74) is 0.537. The van der Waals surface area contributed by atoms with Gasteiger partial charge in [0.25, 0.3) is 11.8 Å². The van der Waals surface area contributed by atoms with Crippen LogP contribution < -0.4 is 10.1 Å². The van der Waals surface area contributed by atoms with Gasteiger partial charge in [0, 0.05) is 7.05 Å². The second-order valence-electron chi connectivity index (χ2n) is 4.34. The van der Waals surface area contributed by atoms with Gasteiger partial charge >= 0.3 is 0 Å². The van der Waals surface area contributed by atoms with Crippen LogP contribution in [-0.4, -0.2) is 40.6 Å². The predicted octanol–water partition coefficient (Wildman–Crippen LogP) is 1.05. The lowest BCUT2D eigenvalue weighted by Gasteiger charge is -2.25. The highest BCUT2D eigenvalue weighted by Gasteiger charge is 2.30. The summed E-state index contributed by atoms with van der Waals surface area (Å²) in [4.78, 5) is 25.1. The Bertz CT molecular complexity index is 654. The van der Waals surface area contributed by atoms with Gasteiger partial charge in [-0.3, -0.25) is 19.8 Å². The van der Waals surface area contributed by atoms with Crippen LogP contribution in [0.15, 0.2) is 23.8 Å². The second kappa shape index (κ2) is 5.92. The van der Waals surface area contributed by atoms with E-state index in [1.54, 1.807) is 19.1 Å². The van der Waals surface area contributed by atoms with Crippen LogP contribution in [0, 0.1) is 0 Å². The third-order valence-corrected chi connectivity index (χ3v) is 3.28. The molecule has 0 aromatic heterocycles. The van der Waals surface area contributed by atoms with Crippen LogP contribution >= 0.6 is 12.2 Å². The number of thiocarbonyl (C=S) groups is 1. The van der Waals surface area contributed by atoms with Gasteiger partial charge in [-0.25, -0.2) is 0 Å². The summed E-state index contributed by atoms with van der Waals surface area (Å²) in [5, 5.41) is 12.1. The average molecular weight is 306 g/mol. The van der Waals surface area contributed by atoms with Crippen molar-refractivity contribution in [3.05, 3.63) is 29.3 Å². The summed E-state index contributed by atoms with van der Waals surface area (Å²) >= 11 is 4.87. The zero-order valence-corrected chi connectivity index (χ0v) is 12.4. The molecule has 1 aliphatic heterocycles. The highest BCUT2D eigenvalue weighted by molar-refractivity contribution is 7.80. The third-order valence-electron chi connectivity index (χ3n) is 2.90. The van der Waals surface area contributed by atoms with Crippen LogP contribution in [0.4, 0.5) is 0 Å². The number of phenols is 1. The minimum atomic E-state index is -0.547. The van der Waals surface area contributed by atoms with E-state index in [1.165, 1.54) is 24.1 Å². The highest BCUT2D eigenvalue weighted by atomic mass is 32.1. The lowest BCUT2D eigenvalue weighted by Crippen LogP contribution is -2.52. The Kier molecular flexibility index (Phi) is 4.23. The topological polar surface area (TPSA) is 78.9 Å². The maximum Gasteiger partial charge on any atom is 0.265 e. The van der Waals surface area contributed by atoms with E-state index >= 15 is 0 Å². The molecule has 110 valence electrons. The molecule has 0 unspecified atom stereocenters. The number of likely N-dealkylation sites (N-methyl/N-ethyl adjacent to an activating group) is 1. The number of amides is 2. The maximum atomic E-state index is 12.1. The van der Waals surface area contributed by atoms with Crippen molar-refractivity contribution in [2.45, 2.75) is 6.92 Å². The molecule has 2 amide bonds. The molecule has 2 N–H and O–H groups in total. The van der Waals surface area contributed by atoms with Gasteiger partial charge in [0.2, 0.25) is 0 Å². The van der Waals surface area contributed by atoms with Crippen molar-refractivity contribution in [2.24, 2.45) is 0 Å². The molecule has 1 aromatic rings. The van der Waals surface area contributed by atoms with Crippen LogP contribution in [0.2, 0.25) is 0 Å². The molecule has 2 rings (SSSR count). The molecule has 0 saturated carbocycles. The fraction of sp³-hybridized carbons (Fsp3) is 0.214. The number of ether oxygens (including phenoxy) is 1. The van der Waals surface area contributed by atoms with E-state index in [1.807, 2.05) is 0 Å². The molecule has 6 nitrogen and oxygen atoms in total. The van der Waals surface area contributed by atoms with Crippen molar-refractivity contribution < 1.29 is 19.4 Å². The molecule has 1 heterocycles. The van der Waals surface area contributed by atoms with Crippen molar-refractivity contribution in [2.75, 3.05) is 13.7 Å². The SMILES string of the molecule is CCOc1cc(/C=C2\C(=O)NC(=S)N(C)C2=O)ccc1O. The van der Waals surface area contributed by atoms with Gasteiger partial charge in [-0.1, -0.05) is 6.07 Å². The zero-order valence-electron chi connectivity index (χ0n) is 11.5. The quantitative estimate of drug-likeness (QED) is 0.496. The molecule has 1 aliphatic rings. The largest absolute Gasteiger partial charge is 0.504 e. The van der Waals surface area contributed by atoms with Crippen molar-refractivity contribution in [3.63, 3.8) is 0 Å². The van der Waals surface area contributed by atoms with Crippen molar-refractivity contribution in [3.8, 4) is 11.5 Å². The van der Waals surface area contributed by atoms with Crippen molar-refractivity contribution in [1.29, 1.82) is 0 Å². The van der Waals surface area contributed by atoms with Gasteiger partial charge in [-0.15, -0.1) is 0 Å². The molecule has 0 spiro atoms. The van der Waals surface area contributed by atoms with Crippen molar-refractivity contribution in [1.82, 2.24) is 10.2 Å². The first-order chi connectivity index (χ1) is 9.93. The van der Waals surface area contributed by atoms with Crippen LogP contribution in [-0.2, 0) is 9.59 Å². The summed E-state index contributed by atoms with van der Waals surface area (Å²) < 4.78 is 5.26. The summed E-state index contributed by atoms with van der Waals surface area (Å²) in [6.45, 7) is 2.18. The number of phenolic OH excluding ortho intramolecular Hbond substituents is 1. The maximum absolute atomic E-state index is 12.1. The Morgan fingerprint density at radius 3 is 2.81 bits per heavy atom. The number of carbonyl (C=O) groups is 2. The van der Waals surface area contributed by atoms with E-state index in [9.17, 15) is 14.7 Å². The second-order valence-corrected chi connectivity index (χ2v) is 4.73. The summed E-state index contributed by atoms with van der Waals surface area (Å²) in [7, 11) is 1.49. The predicted molar refractivity (Wildman–Crippen MR) is 80.8 cm³/mol. The molecule has 0 aliphatic carbocycles. The van der Waals surface area contributed by atoms with Gasteiger partial charge in [0.1, 0.15) is 5.57 Å². The van der Waals surface area contributed by atoms with E-state index in [0.29, 0.717) is 17.9 Å². The van der Waals surface area contributed by atoms with Gasteiger partial charge in [0.05, 0.1) is 6.61 Å². The Morgan fingerprint density at radius 2 is 2.14 bits per heavy atom. The molecular weight excluding hydrogens is 292 g/mol. The molecule has 1 aromatic carbocycles. The lowest BCUT2D eigenvalue weighted by molar-refractivity contribution is -0.128. The number of hydrogen-bond donors (Lipinski definition) is 2. The minimum Gasteiger partial charge on any atom is -0.504 e. The number of carbonyl (C=O) groups excluding carboxylic acids is 2. The Morgan fingerprint density at radius 1 is 1.43 bits per heavy atom. The monoisotopic (exact) mass is 306 g/mol. The molecule has 7 heteroatoms. The number of nitrogens with zero attached hydrogens (tertiary/aromatic N) is 1. The molecule has 1 fully saturated rings. The normalized spacial score (nSPS) is 17.1. The highest BCUT2D eigenvalue weighted by Crippen LogP contribution is 2.28. The van der Waals surface area contributed by atoms with Gasteiger partial charge in [-0.2, -0.15) is 0 Å². The van der Waals surface area contributed by atoms with E-state index in [4.69, 9.17) is 17.0 Å². The van der Waals surface area contributed by atoms with Crippen LogP contribution in [0.1, 0.15) is 12.5 Å². The van der Waals surface area contributed by atoms with E-state index in [-0.39, 0.29) is 16.4 Å². The molecule has 0 bridgehead atoms. The van der Waals surface area contributed by atoms with E-state index < -0.39 is 11.8 Å². The Hall–Kier alpha value is -2.41. The molecular formula is C14H14N2O4S. The van der Waals surface area contributed by atoms with Gasteiger partial charge in [0.15, 0.2) is 16.6 Å². The lowest BCUT2D eigenvalue weighted by atomic mass is 10.1. The first-order valence-electron chi connectivity index (χ1n) is 6.25. The molecule has 21 heavy (non-hydrogen) atoms. The van der Waals surface area contributed by atoms with Crippen LogP contribution in [0.5, 0.6) is 11.5 Å². The fourth-order valence-corrected chi connectivity index (χ4v) is 1.98. The standard InChI is InChI=1S/C14H14N2O4S/c1-3-20-11-7-8(4-5-10(11)17)6-9-12(18)15-14(21)16(2)13(9)19/h4-7,17H,3H2,1-2H3,(H,15,18,21)/b9-6+. The number of rotatable bonds is 3. The summed E-state index contributed by atoms with van der Waals surface area (Å²) in [6, 6.07) is 4.58. The Labute approximate surface area is 127 Å². The summed E-state index contributed by atoms with van der Waals surface area (Å²) in [6.07, 6.45) is 1.43. The first kappa shape index (κ1) is 15.0. The van der Waals surface area contributed by atoms with E-state index in [0.717, 1.165) is 0 Å². The van der Waals surface area contributed by atoms with E-state index in [2.05, 4.69) is 5.32 Å². The smallest absolute Gasteiger partial charge is 0.265 e. The molecule has 0 radical (unpaired) electrons. The van der Waals surface area contributed by atoms with Crippen LogP contribution in [0.3, 0.4) is 0 Å². The molecule has 1 saturated heterocycles. The number of nitrogens with one attached hydrogen (secondary N) is 1. The third kappa shape index (κ3) is 3.03. The van der Waals surface area contributed by atoms with Gasteiger partial charge in [-0.05, 0) is 42.9 Å². The Balaban J connectivity index is 2.38. The number of hydrogen-bond acceptors (Lipinski definition) is 5. The van der Waals surface area contributed by atoms with Gasteiger partial charge < -0.3 is 9.84 Å². The molecule has 0 atom stereocenters. The fourth-order valence-electron chi connectivity index (χ4n) is 1.80. The number of benzene rings is 1. The summed E-state index contributed by atoms with van der Waals surface area (Å²) in [5.74, 6) is -0.736. The number of aromatic hydroxyl groups is 1.